The zero-order valence-corrected chi connectivity index (χ0v) is 13.8. The summed E-state index contributed by atoms with van der Waals surface area (Å²) in [6.45, 7) is 6.55. The van der Waals surface area contributed by atoms with Crippen molar-refractivity contribution in [1.29, 1.82) is 0 Å². The van der Waals surface area contributed by atoms with Gasteiger partial charge in [-0.1, -0.05) is 20.8 Å². The van der Waals surface area contributed by atoms with E-state index in [0.29, 0.717) is 23.3 Å². The van der Waals surface area contributed by atoms with E-state index in [4.69, 9.17) is 0 Å². The number of carbonyl (C=O) groups is 1. The van der Waals surface area contributed by atoms with Gasteiger partial charge in [0.25, 0.3) is 11.6 Å². The molecule has 124 valence electrons. The predicted molar refractivity (Wildman–Crippen MR) is 89.3 cm³/mol. The van der Waals surface area contributed by atoms with E-state index in [9.17, 15) is 14.9 Å². The van der Waals surface area contributed by atoms with Crippen molar-refractivity contribution in [3.8, 4) is 0 Å². The second-order valence-electron chi connectivity index (χ2n) is 6.59. The average Bonchev–Trinajstić information content (AvgIpc) is 2.52. The van der Waals surface area contributed by atoms with E-state index in [1.807, 2.05) is 0 Å². The van der Waals surface area contributed by atoms with Gasteiger partial charge in [0.2, 0.25) is 0 Å². The van der Waals surface area contributed by atoms with Crippen LogP contribution in [0.5, 0.6) is 0 Å². The molecule has 1 aromatic carbocycles. The van der Waals surface area contributed by atoms with E-state index >= 15 is 0 Å². The fourth-order valence-electron chi connectivity index (χ4n) is 3.01. The molecule has 0 spiro atoms. The Morgan fingerprint density at radius 1 is 1.30 bits per heavy atom. The number of carbonyl (C=O) groups excluding carboxylic acids is 1. The molecular weight excluding hydrogens is 294 g/mol. The number of hydrogen-bond donors (Lipinski definition) is 1. The molecule has 1 aromatic rings. The first-order valence-electron chi connectivity index (χ1n) is 7.99. The predicted octanol–water partition coefficient (Wildman–Crippen LogP) is 3.77. The Morgan fingerprint density at radius 2 is 1.96 bits per heavy atom. The molecule has 0 aliphatic heterocycles. The van der Waals surface area contributed by atoms with Gasteiger partial charge in [-0.3, -0.25) is 14.9 Å². The number of nitrogens with zero attached hydrogens (tertiary/aromatic N) is 2. The van der Waals surface area contributed by atoms with Crippen LogP contribution in [-0.4, -0.2) is 16.5 Å². The minimum absolute atomic E-state index is 0.0335. The van der Waals surface area contributed by atoms with Gasteiger partial charge in [0.1, 0.15) is 0 Å². The lowest BCUT2D eigenvalue weighted by molar-refractivity contribution is -0.384. The Bertz CT molecular complexity index is 608. The van der Waals surface area contributed by atoms with Crippen LogP contribution in [-0.2, 0) is 0 Å². The summed E-state index contributed by atoms with van der Waals surface area (Å²) in [5.41, 5.74) is 3.98. The third kappa shape index (κ3) is 4.37. The number of hydrogen-bond acceptors (Lipinski definition) is 4. The van der Waals surface area contributed by atoms with Gasteiger partial charge in [-0.15, -0.1) is 0 Å². The smallest absolute Gasteiger partial charge is 0.267 e. The zero-order chi connectivity index (χ0) is 17.0. The highest BCUT2D eigenvalue weighted by Gasteiger charge is 2.27. The number of nitro benzene ring substituents is 1. The SMILES string of the molecule is CC(C)[C@@H]1CC[C@H](C)C/C1=N/NC(=O)c1ccc([N+](=O)[O-])cc1. The second-order valence-corrected chi connectivity index (χ2v) is 6.59. The highest BCUT2D eigenvalue weighted by molar-refractivity contribution is 5.96. The van der Waals surface area contributed by atoms with Gasteiger partial charge in [-0.25, -0.2) is 5.43 Å². The Balaban J connectivity index is 2.07. The van der Waals surface area contributed by atoms with E-state index in [1.165, 1.54) is 30.7 Å². The first-order valence-corrected chi connectivity index (χ1v) is 7.99. The van der Waals surface area contributed by atoms with E-state index < -0.39 is 4.92 Å². The van der Waals surface area contributed by atoms with Crippen LogP contribution in [0.15, 0.2) is 29.4 Å². The van der Waals surface area contributed by atoms with Crippen molar-refractivity contribution in [1.82, 2.24) is 5.43 Å². The van der Waals surface area contributed by atoms with Crippen molar-refractivity contribution in [2.75, 3.05) is 0 Å². The maximum absolute atomic E-state index is 12.1. The zero-order valence-electron chi connectivity index (χ0n) is 13.8. The topological polar surface area (TPSA) is 84.6 Å². The highest BCUT2D eigenvalue weighted by atomic mass is 16.6. The summed E-state index contributed by atoms with van der Waals surface area (Å²) in [5.74, 6) is 1.15. The van der Waals surface area contributed by atoms with Gasteiger partial charge in [-0.2, -0.15) is 5.10 Å². The number of hydrazone groups is 1. The van der Waals surface area contributed by atoms with Crippen LogP contribution in [0.3, 0.4) is 0 Å². The molecule has 6 heteroatoms. The maximum atomic E-state index is 12.1. The van der Waals surface area contributed by atoms with Crippen molar-refractivity contribution in [2.24, 2.45) is 22.9 Å². The largest absolute Gasteiger partial charge is 0.271 e. The minimum atomic E-state index is -0.488. The molecule has 2 rings (SSSR count). The summed E-state index contributed by atoms with van der Waals surface area (Å²) in [5, 5.41) is 15.0. The monoisotopic (exact) mass is 317 g/mol. The van der Waals surface area contributed by atoms with Gasteiger partial charge in [0, 0.05) is 29.3 Å². The van der Waals surface area contributed by atoms with Crippen LogP contribution >= 0.6 is 0 Å². The summed E-state index contributed by atoms with van der Waals surface area (Å²) in [7, 11) is 0. The number of nitro groups is 1. The van der Waals surface area contributed by atoms with E-state index in [0.717, 1.165) is 18.6 Å². The number of benzene rings is 1. The minimum Gasteiger partial charge on any atom is -0.267 e. The van der Waals surface area contributed by atoms with Crippen molar-refractivity contribution >= 4 is 17.3 Å². The molecule has 1 N–H and O–H groups in total. The number of nitrogens with one attached hydrogen (secondary N) is 1. The third-order valence-corrected chi connectivity index (χ3v) is 4.40. The lowest BCUT2D eigenvalue weighted by Gasteiger charge is -2.30. The van der Waals surface area contributed by atoms with Gasteiger partial charge >= 0.3 is 0 Å². The quantitative estimate of drug-likeness (QED) is 0.677. The van der Waals surface area contributed by atoms with Crippen LogP contribution in [0.2, 0.25) is 0 Å². The molecule has 23 heavy (non-hydrogen) atoms. The van der Waals surface area contributed by atoms with Crippen LogP contribution in [0.25, 0.3) is 0 Å². The third-order valence-electron chi connectivity index (χ3n) is 4.40. The van der Waals surface area contributed by atoms with Crippen molar-refractivity contribution in [3.63, 3.8) is 0 Å². The van der Waals surface area contributed by atoms with Gasteiger partial charge in [-0.05, 0) is 43.2 Å². The molecule has 1 aliphatic rings. The van der Waals surface area contributed by atoms with Crippen molar-refractivity contribution < 1.29 is 9.72 Å². The van der Waals surface area contributed by atoms with Crippen LogP contribution < -0.4 is 5.43 Å². The summed E-state index contributed by atoms with van der Waals surface area (Å²) < 4.78 is 0. The van der Waals surface area contributed by atoms with Gasteiger partial charge < -0.3 is 0 Å². The molecule has 2 atom stereocenters. The summed E-state index contributed by atoms with van der Waals surface area (Å²) >= 11 is 0. The maximum Gasteiger partial charge on any atom is 0.271 e. The first kappa shape index (κ1) is 17.1. The molecular formula is C17H23N3O3. The molecule has 1 aliphatic carbocycles. The Morgan fingerprint density at radius 3 is 2.52 bits per heavy atom. The lowest BCUT2D eigenvalue weighted by Crippen LogP contribution is -2.31. The lowest BCUT2D eigenvalue weighted by atomic mass is 9.76. The Kier molecular flexibility index (Phi) is 5.47. The summed E-state index contributed by atoms with van der Waals surface area (Å²) in [4.78, 5) is 22.3. The molecule has 1 fully saturated rings. The fraction of sp³-hybridized carbons (Fsp3) is 0.529. The molecule has 0 heterocycles. The van der Waals surface area contributed by atoms with Crippen LogP contribution in [0.4, 0.5) is 5.69 Å². The molecule has 0 saturated heterocycles. The molecule has 0 bridgehead atoms. The molecule has 0 unspecified atom stereocenters. The first-order chi connectivity index (χ1) is 10.9. The van der Waals surface area contributed by atoms with Gasteiger partial charge in [0.05, 0.1) is 4.92 Å². The summed E-state index contributed by atoms with van der Waals surface area (Å²) in [6, 6.07) is 5.53. The van der Waals surface area contributed by atoms with E-state index in [-0.39, 0.29) is 11.6 Å². The Labute approximate surface area is 136 Å². The number of amides is 1. The average molecular weight is 317 g/mol. The molecule has 0 aromatic heterocycles. The Hall–Kier alpha value is -2.24. The normalized spacial score (nSPS) is 23.0. The fourth-order valence-corrected chi connectivity index (χ4v) is 3.01. The van der Waals surface area contributed by atoms with Crippen molar-refractivity contribution in [2.45, 2.75) is 40.0 Å². The molecule has 0 radical (unpaired) electrons. The van der Waals surface area contributed by atoms with Gasteiger partial charge in [0.15, 0.2) is 0 Å². The van der Waals surface area contributed by atoms with E-state index in [2.05, 4.69) is 31.3 Å². The second kappa shape index (κ2) is 7.35. The van der Waals surface area contributed by atoms with Crippen molar-refractivity contribution in [3.05, 3.63) is 39.9 Å². The molecule has 1 saturated carbocycles. The molecule has 6 nitrogen and oxygen atoms in total. The molecule has 1 amide bonds. The highest BCUT2D eigenvalue weighted by Crippen LogP contribution is 2.31. The van der Waals surface area contributed by atoms with Crippen LogP contribution in [0.1, 0.15) is 50.4 Å². The standard InChI is InChI=1S/C17H23N3O3/c1-11(2)15-9-4-12(3)10-16(15)18-19-17(21)13-5-7-14(8-6-13)20(22)23/h5-8,11-12,15H,4,9-10H2,1-3H3,(H,19,21)/b18-16-/t12-,15-/m0/s1. The van der Waals surface area contributed by atoms with E-state index in [1.54, 1.807) is 0 Å². The summed E-state index contributed by atoms with van der Waals surface area (Å²) in [6.07, 6.45) is 3.20. The number of non-ortho nitro benzene ring substituents is 1. The van der Waals surface area contributed by atoms with Crippen LogP contribution in [0, 0.1) is 27.9 Å². The number of rotatable bonds is 4.